The molecule has 0 aromatic heterocycles. The molecule has 0 radical (unpaired) electrons. The molecule has 1 aromatic rings. The lowest BCUT2D eigenvalue weighted by molar-refractivity contribution is -0.135. The van der Waals surface area contributed by atoms with Crippen molar-refractivity contribution in [2.45, 2.75) is 39.8 Å². The fraction of sp³-hybridized carbons (Fsp3) is 0.500. The normalized spacial score (nSPS) is 10.8. The lowest BCUT2D eigenvalue weighted by Gasteiger charge is -2.33. The zero-order chi connectivity index (χ0) is 16.0. The summed E-state index contributed by atoms with van der Waals surface area (Å²) < 4.78 is 0. The Labute approximate surface area is 126 Å². The van der Waals surface area contributed by atoms with Crippen LogP contribution in [-0.4, -0.2) is 47.1 Å². The molecule has 116 valence electrons. The van der Waals surface area contributed by atoms with Crippen LogP contribution in [0.5, 0.6) is 0 Å². The molecule has 0 atom stereocenters. The van der Waals surface area contributed by atoms with E-state index in [4.69, 9.17) is 5.11 Å². The first-order chi connectivity index (χ1) is 9.82. The number of carbonyl (C=O) groups excluding carboxylic acids is 1. The summed E-state index contributed by atoms with van der Waals surface area (Å²) in [4.78, 5) is 26.9. The first-order valence-corrected chi connectivity index (χ1v) is 7.16. The van der Waals surface area contributed by atoms with Crippen molar-refractivity contribution in [3.63, 3.8) is 0 Å². The molecule has 0 fully saturated rings. The molecule has 0 spiro atoms. The van der Waals surface area contributed by atoms with E-state index in [0.29, 0.717) is 0 Å². The van der Waals surface area contributed by atoms with Crippen LogP contribution in [0.25, 0.3) is 0 Å². The molecule has 0 heterocycles. The predicted octanol–water partition coefficient (Wildman–Crippen LogP) is 2.22. The van der Waals surface area contributed by atoms with Crippen LogP contribution in [0.15, 0.2) is 30.3 Å². The molecule has 0 saturated carbocycles. The predicted molar refractivity (Wildman–Crippen MR) is 83.4 cm³/mol. The minimum atomic E-state index is -0.952. The fourth-order valence-electron chi connectivity index (χ4n) is 2.46. The summed E-state index contributed by atoms with van der Waals surface area (Å²) in [5.74, 6) is -1.02. The van der Waals surface area contributed by atoms with E-state index < -0.39 is 5.97 Å². The second-order valence-electron chi connectivity index (χ2n) is 5.57. The molecular formula is C16H24N2O3. The molecule has 0 saturated heterocycles. The van der Waals surface area contributed by atoms with Gasteiger partial charge in [0, 0.05) is 17.8 Å². The summed E-state index contributed by atoms with van der Waals surface area (Å²) >= 11 is 0. The molecule has 5 heteroatoms. The van der Waals surface area contributed by atoms with Gasteiger partial charge in [0.2, 0.25) is 5.91 Å². The molecular weight excluding hydrogens is 268 g/mol. The van der Waals surface area contributed by atoms with Crippen LogP contribution in [0.1, 0.15) is 27.7 Å². The number of aliphatic carboxylic acids is 1. The molecule has 1 aromatic carbocycles. The van der Waals surface area contributed by atoms with E-state index in [0.717, 1.165) is 5.69 Å². The Morgan fingerprint density at radius 1 is 1.00 bits per heavy atom. The monoisotopic (exact) mass is 292 g/mol. The highest BCUT2D eigenvalue weighted by Crippen LogP contribution is 2.14. The summed E-state index contributed by atoms with van der Waals surface area (Å²) in [6.45, 7) is 7.71. The van der Waals surface area contributed by atoms with E-state index in [1.54, 1.807) is 9.80 Å². The Hall–Kier alpha value is -2.04. The number of nitrogens with zero attached hydrogens (tertiary/aromatic N) is 2. The van der Waals surface area contributed by atoms with E-state index in [2.05, 4.69) is 0 Å². The third-order valence-corrected chi connectivity index (χ3v) is 3.17. The van der Waals surface area contributed by atoms with Gasteiger partial charge < -0.3 is 14.9 Å². The van der Waals surface area contributed by atoms with Gasteiger partial charge in [0.05, 0.1) is 6.54 Å². The minimum absolute atomic E-state index is 0.0622. The van der Waals surface area contributed by atoms with Crippen molar-refractivity contribution >= 4 is 17.6 Å². The first-order valence-electron chi connectivity index (χ1n) is 7.16. The standard InChI is InChI=1S/C16H24N2O3/c1-12(2)18(13(3)4)15(19)10-17(11-16(20)21)14-8-6-5-7-9-14/h5-9,12-13H,10-11H2,1-4H3,(H,20,21). The van der Waals surface area contributed by atoms with E-state index in [1.807, 2.05) is 58.0 Å². The number of rotatable bonds is 7. The second kappa shape index (κ2) is 7.67. The summed E-state index contributed by atoms with van der Waals surface area (Å²) in [6, 6.07) is 9.31. The van der Waals surface area contributed by atoms with Gasteiger partial charge >= 0.3 is 5.97 Å². The highest BCUT2D eigenvalue weighted by molar-refractivity contribution is 5.84. The van der Waals surface area contributed by atoms with Crippen molar-refractivity contribution in [1.82, 2.24) is 4.90 Å². The van der Waals surface area contributed by atoms with Crippen LogP contribution in [0.2, 0.25) is 0 Å². The van der Waals surface area contributed by atoms with Crippen LogP contribution < -0.4 is 4.90 Å². The molecule has 5 nitrogen and oxygen atoms in total. The second-order valence-corrected chi connectivity index (χ2v) is 5.57. The fourth-order valence-corrected chi connectivity index (χ4v) is 2.46. The first kappa shape index (κ1) is 17.0. The van der Waals surface area contributed by atoms with Crippen molar-refractivity contribution in [1.29, 1.82) is 0 Å². The van der Waals surface area contributed by atoms with E-state index in [9.17, 15) is 9.59 Å². The number of hydrogen-bond donors (Lipinski definition) is 1. The molecule has 1 amide bonds. The minimum Gasteiger partial charge on any atom is -0.480 e. The lowest BCUT2D eigenvalue weighted by Crippen LogP contribution is -2.48. The van der Waals surface area contributed by atoms with Gasteiger partial charge in [-0.3, -0.25) is 9.59 Å². The van der Waals surface area contributed by atoms with Gasteiger partial charge in [-0.2, -0.15) is 0 Å². The van der Waals surface area contributed by atoms with E-state index >= 15 is 0 Å². The molecule has 0 aliphatic carbocycles. The quantitative estimate of drug-likeness (QED) is 0.837. The Bertz CT molecular complexity index is 464. The zero-order valence-electron chi connectivity index (χ0n) is 13.1. The van der Waals surface area contributed by atoms with Crippen LogP contribution in [-0.2, 0) is 9.59 Å². The smallest absolute Gasteiger partial charge is 0.323 e. The molecule has 0 unspecified atom stereocenters. The zero-order valence-corrected chi connectivity index (χ0v) is 13.1. The Morgan fingerprint density at radius 2 is 1.52 bits per heavy atom. The van der Waals surface area contributed by atoms with Gasteiger partial charge in [0.15, 0.2) is 0 Å². The van der Waals surface area contributed by atoms with Crippen molar-refractivity contribution in [2.75, 3.05) is 18.0 Å². The molecule has 0 aliphatic rings. The summed E-state index contributed by atoms with van der Waals surface area (Å²) in [5.41, 5.74) is 0.737. The highest BCUT2D eigenvalue weighted by atomic mass is 16.4. The number of amides is 1. The lowest BCUT2D eigenvalue weighted by atomic mass is 10.2. The highest BCUT2D eigenvalue weighted by Gasteiger charge is 2.23. The molecule has 0 aliphatic heterocycles. The van der Waals surface area contributed by atoms with Crippen LogP contribution in [0.3, 0.4) is 0 Å². The van der Waals surface area contributed by atoms with Crippen LogP contribution in [0.4, 0.5) is 5.69 Å². The van der Waals surface area contributed by atoms with Gasteiger partial charge in [0.25, 0.3) is 0 Å². The molecule has 1 rings (SSSR count). The largest absolute Gasteiger partial charge is 0.480 e. The average Bonchev–Trinajstić information content (AvgIpc) is 2.37. The third kappa shape index (κ3) is 5.10. The SMILES string of the molecule is CC(C)N(C(=O)CN(CC(=O)O)c1ccccc1)C(C)C. The van der Waals surface area contributed by atoms with Crippen LogP contribution >= 0.6 is 0 Å². The number of para-hydroxylation sites is 1. The van der Waals surface area contributed by atoms with E-state index in [-0.39, 0.29) is 31.1 Å². The van der Waals surface area contributed by atoms with Crippen molar-refractivity contribution in [3.8, 4) is 0 Å². The summed E-state index contributed by atoms with van der Waals surface area (Å²) in [6.07, 6.45) is 0. The maximum atomic E-state index is 12.5. The van der Waals surface area contributed by atoms with Crippen molar-refractivity contribution in [3.05, 3.63) is 30.3 Å². The molecule has 21 heavy (non-hydrogen) atoms. The number of anilines is 1. The maximum absolute atomic E-state index is 12.5. The molecule has 1 N–H and O–H groups in total. The maximum Gasteiger partial charge on any atom is 0.323 e. The van der Waals surface area contributed by atoms with Gasteiger partial charge in [-0.05, 0) is 39.8 Å². The average molecular weight is 292 g/mol. The number of carbonyl (C=O) groups is 2. The van der Waals surface area contributed by atoms with Gasteiger partial charge in [0.1, 0.15) is 6.54 Å². The Kier molecular flexibility index (Phi) is 6.21. The van der Waals surface area contributed by atoms with Crippen LogP contribution in [0, 0.1) is 0 Å². The van der Waals surface area contributed by atoms with Gasteiger partial charge in [-0.15, -0.1) is 0 Å². The number of carboxylic acids is 1. The van der Waals surface area contributed by atoms with E-state index in [1.165, 1.54) is 0 Å². The third-order valence-electron chi connectivity index (χ3n) is 3.17. The number of carboxylic acid groups (broad SMARTS) is 1. The Balaban J connectivity index is 2.91. The summed E-state index contributed by atoms with van der Waals surface area (Å²) in [5, 5.41) is 9.05. The van der Waals surface area contributed by atoms with Crippen molar-refractivity contribution in [2.24, 2.45) is 0 Å². The Morgan fingerprint density at radius 3 is 1.95 bits per heavy atom. The molecule has 0 bridgehead atoms. The number of hydrogen-bond acceptors (Lipinski definition) is 3. The topological polar surface area (TPSA) is 60.9 Å². The van der Waals surface area contributed by atoms with Gasteiger partial charge in [-0.25, -0.2) is 0 Å². The summed E-state index contributed by atoms with van der Waals surface area (Å²) in [7, 11) is 0. The van der Waals surface area contributed by atoms with Gasteiger partial charge in [-0.1, -0.05) is 18.2 Å². The number of benzene rings is 1. The van der Waals surface area contributed by atoms with Crippen molar-refractivity contribution < 1.29 is 14.7 Å².